The molecule has 1 heterocycles. The first-order chi connectivity index (χ1) is 6.21. The first-order valence-electron chi connectivity index (χ1n) is 4.71. The Balaban J connectivity index is 2.20. The number of rotatable bonds is 1. The van der Waals surface area contributed by atoms with Crippen LogP contribution in [-0.2, 0) is 5.60 Å². The Morgan fingerprint density at radius 3 is 3.08 bits per heavy atom. The fourth-order valence-corrected chi connectivity index (χ4v) is 2.83. The minimum atomic E-state index is -0.641. The highest BCUT2D eigenvalue weighted by Gasteiger charge is 2.34. The average molecular weight is 197 g/mol. The summed E-state index contributed by atoms with van der Waals surface area (Å²) in [6.45, 7) is 0. The fraction of sp³-hybridized carbons (Fsp3) is 0.600. The number of thiophene rings is 1. The largest absolute Gasteiger partial charge is 0.385 e. The Morgan fingerprint density at radius 1 is 1.62 bits per heavy atom. The molecule has 0 spiro atoms. The van der Waals surface area contributed by atoms with E-state index >= 15 is 0 Å². The molecule has 2 rings (SSSR count). The van der Waals surface area contributed by atoms with E-state index < -0.39 is 5.60 Å². The quantitative estimate of drug-likeness (QED) is 0.721. The number of nitrogens with two attached hydrogens (primary N) is 1. The van der Waals surface area contributed by atoms with E-state index in [1.807, 2.05) is 16.8 Å². The number of hydrogen-bond acceptors (Lipinski definition) is 3. The molecule has 1 aliphatic rings. The van der Waals surface area contributed by atoms with Crippen molar-refractivity contribution in [3.63, 3.8) is 0 Å². The second-order valence-corrected chi connectivity index (χ2v) is 4.68. The van der Waals surface area contributed by atoms with Gasteiger partial charge in [-0.25, -0.2) is 0 Å². The zero-order valence-electron chi connectivity index (χ0n) is 7.57. The summed E-state index contributed by atoms with van der Waals surface area (Å²) in [4.78, 5) is 0. The molecule has 72 valence electrons. The molecule has 13 heavy (non-hydrogen) atoms. The van der Waals surface area contributed by atoms with Crippen molar-refractivity contribution in [2.45, 2.75) is 37.3 Å². The Labute approximate surface area is 82.4 Å². The van der Waals surface area contributed by atoms with Crippen LogP contribution < -0.4 is 5.73 Å². The molecule has 0 aliphatic heterocycles. The van der Waals surface area contributed by atoms with Gasteiger partial charge >= 0.3 is 0 Å². The predicted molar refractivity (Wildman–Crippen MR) is 54.7 cm³/mol. The molecule has 1 aliphatic carbocycles. The van der Waals surface area contributed by atoms with E-state index in [1.54, 1.807) is 11.3 Å². The van der Waals surface area contributed by atoms with Crippen LogP contribution in [0, 0.1) is 0 Å². The zero-order chi connectivity index (χ0) is 9.31. The third-order valence-corrected chi connectivity index (χ3v) is 3.51. The molecule has 0 amide bonds. The molecule has 1 fully saturated rings. The van der Waals surface area contributed by atoms with Crippen LogP contribution in [0.15, 0.2) is 16.8 Å². The first-order valence-corrected chi connectivity index (χ1v) is 5.66. The minimum Gasteiger partial charge on any atom is -0.385 e. The summed E-state index contributed by atoms with van der Waals surface area (Å²) >= 11 is 1.63. The van der Waals surface area contributed by atoms with Gasteiger partial charge in [0, 0.05) is 6.04 Å². The maximum atomic E-state index is 10.3. The van der Waals surface area contributed by atoms with Crippen molar-refractivity contribution in [2.24, 2.45) is 5.73 Å². The highest BCUT2D eigenvalue weighted by atomic mass is 32.1. The van der Waals surface area contributed by atoms with Gasteiger partial charge < -0.3 is 10.8 Å². The Hall–Kier alpha value is -0.380. The Kier molecular flexibility index (Phi) is 2.41. The van der Waals surface area contributed by atoms with Crippen molar-refractivity contribution < 1.29 is 5.11 Å². The molecule has 3 heteroatoms. The lowest BCUT2D eigenvalue weighted by Crippen LogP contribution is -2.38. The normalized spacial score (nSPS) is 34.8. The van der Waals surface area contributed by atoms with Gasteiger partial charge in [-0.3, -0.25) is 0 Å². The predicted octanol–water partition coefficient (Wildman–Crippen LogP) is 1.84. The van der Waals surface area contributed by atoms with Crippen LogP contribution in [-0.4, -0.2) is 11.1 Å². The smallest absolute Gasteiger partial charge is 0.0919 e. The molecule has 0 bridgehead atoms. The van der Waals surface area contributed by atoms with Crippen LogP contribution >= 0.6 is 11.3 Å². The van der Waals surface area contributed by atoms with Crippen LogP contribution in [0.25, 0.3) is 0 Å². The molecule has 1 aromatic rings. The molecule has 2 atom stereocenters. The van der Waals surface area contributed by atoms with Crippen molar-refractivity contribution in [3.05, 3.63) is 22.4 Å². The summed E-state index contributed by atoms with van der Waals surface area (Å²) in [5.74, 6) is 0. The van der Waals surface area contributed by atoms with Crippen LogP contribution in [0.3, 0.4) is 0 Å². The third kappa shape index (κ3) is 1.77. The standard InChI is InChI=1S/C10H15NOS/c11-9-2-1-4-10(12,6-9)8-3-5-13-7-8/h3,5,7,9,12H,1-2,4,6,11H2. The second kappa shape index (κ2) is 3.40. The molecule has 0 saturated heterocycles. The van der Waals surface area contributed by atoms with Gasteiger partial charge in [0.05, 0.1) is 5.60 Å². The van der Waals surface area contributed by atoms with Gasteiger partial charge in [0.2, 0.25) is 0 Å². The van der Waals surface area contributed by atoms with Crippen molar-refractivity contribution in [1.29, 1.82) is 0 Å². The van der Waals surface area contributed by atoms with Gasteiger partial charge in [0.1, 0.15) is 0 Å². The number of hydrogen-bond donors (Lipinski definition) is 2. The van der Waals surface area contributed by atoms with Gasteiger partial charge in [0.25, 0.3) is 0 Å². The summed E-state index contributed by atoms with van der Waals surface area (Å²) in [6.07, 6.45) is 3.65. The van der Waals surface area contributed by atoms with E-state index in [4.69, 9.17) is 5.73 Å². The van der Waals surface area contributed by atoms with E-state index in [0.717, 1.165) is 24.8 Å². The van der Waals surface area contributed by atoms with E-state index in [0.29, 0.717) is 6.42 Å². The van der Waals surface area contributed by atoms with Gasteiger partial charge in [0.15, 0.2) is 0 Å². The van der Waals surface area contributed by atoms with Crippen LogP contribution in [0.1, 0.15) is 31.2 Å². The minimum absolute atomic E-state index is 0.165. The van der Waals surface area contributed by atoms with Gasteiger partial charge in [-0.15, -0.1) is 0 Å². The third-order valence-electron chi connectivity index (χ3n) is 2.82. The fourth-order valence-electron chi connectivity index (χ4n) is 2.09. The highest BCUT2D eigenvalue weighted by molar-refractivity contribution is 7.08. The zero-order valence-corrected chi connectivity index (χ0v) is 8.39. The SMILES string of the molecule is NC1CCCC(O)(c2ccsc2)C1. The van der Waals surface area contributed by atoms with Gasteiger partial charge in [-0.1, -0.05) is 0 Å². The molecule has 0 radical (unpaired) electrons. The van der Waals surface area contributed by atoms with E-state index in [9.17, 15) is 5.11 Å². The molecular formula is C10H15NOS. The summed E-state index contributed by atoms with van der Waals surface area (Å²) in [7, 11) is 0. The van der Waals surface area contributed by atoms with Crippen molar-refractivity contribution >= 4 is 11.3 Å². The lowest BCUT2D eigenvalue weighted by atomic mass is 9.79. The van der Waals surface area contributed by atoms with Crippen LogP contribution in [0.2, 0.25) is 0 Å². The van der Waals surface area contributed by atoms with Crippen LogP contribution in [0.4, 0.5) is 0 Å². The Bertz CT molecular complexity index is 272. The van der Waals surface area contributed by atoms with Crippen LogP contribution in [0.5, 0.6) is 0 Å². The van der Waals surface area contributed by atoms with Gasteiger partial charge in [-0.2, -0.15) is 11.3 Å². The van der Waals surface area contributed by atoms with Crippen molar-refractivity contribution in [3.8, 4) is 0 Å². The summed E-state index contributed by atoms with van der Waals surface area (Å²) in [6, 6.07) is 2.17. The summed E-state index contributed by atoms with van der Waals surface area (Å²) in [5, 5.41) is 14.4. The molecule has 0 aromatic carbocycles. The monoisotopic (exact) mass is 197 g/mol. The first kappa shape index (κ1) is 9.19. The maximum absolute atomic E-state index is 10.3. The summed E-state index contributed by atoms with van der Waals surface area (Å²) < 4.78 is 0. The molecule has 2 nitrogen and oxygen atoms in total. The molecular weight excluding hydrogens is 182 g/mol. The lowest BCUT2D eigenvalue weighted by Gasteiger charge is -2.34. The van der Waals surface area contributed by atoms with Gasteiger partial charge in [-0.05, 0) is 48.1 Å². The summed E-state index contributed by atoms with van der Waals surface area (Å²) in [5.41, 5.74) is 6.27. The highest BCUT2D eigenvalue weighted by Crippen LogP contribution is 2.37. The Morgan fingerprint density at radius 2 is 2.46 bits per heavy atom. The number of aliphatic hydroxyl groups is 1. The van der Waals surface area contributed by atoms with E-state index in [1.165, 1.54) is 0 Å². The maximum Gasteiger partial charge on any atom is 0.0919 e. The van der Waals surface area contributed by atoms with E-state index in [-0.39, 0.29) is 6.04 Å². The molecule has 1 aromatic heterocycles. The molecule has 1 saturated carbocycles. The van der Waals surface area contributed by atoms with Crippen molar-refractivity contribution in [2.75, 3.05) is 0 Å². The van der Waals surface area contributed by atoms with E-state index in [2.05, 4.69) is 0 Å². The second-order valence-electron chi connectivity index (χ2n) is 3.90. The lowest BCUT2D eigenvalue weighted by molar-refractivity contribution is -0.00678. The van der Waals surface area contributed by atoms with Crippen molar-refractivity contribution in [1.82, 2.24) is 0 Å². The topological polar surface area (TPSA) is 46.2 Å². The average Bonchev–Trinajstić information content (AvgIpc) is 2.55. The molecule has 3 N–H and O–H groups in total. The molecule has 2 unspecified atom stereocenters.